The number of hydrogen-bond acceptors (Lipinski definition) is 6. The highest BCUT2D eigenvalue weighted by Gasteiger charge is 2.15. The van der Waals surface area contributed by atoms with Crippen LogP contribution in [0.5, 0.6) is 23.0 Å². The number of rotatable bonds is 7. The molecule has 3 N–H and O–H groups in total. The van der Waals surface area contributed by atoms with Crippen molar-refractivity contribution in [3.63, 3.8) is 0 Å². The summed E-state index contributed by atoms with van der Waals surface area (Å²) in [4.78, 5) is 23.2. The minimum atomic E-state index is -0.599. The van der Waals surface area contributed by atoms with Gasteiger partial charge in [0.2, 0.25) is 6.79 Å². The third-order valence-electron chi connectivity index (χ3n) is 3.69. The van der Waals surface area contributed by atoms with Gasteiger partial charge < -0.3 is 30.0 Å². The molecule has 26 heavy (non-hydrogen) atoms. The standard InChI is InChI=1S/C18H18N2O6/c1-23-15-7-12(3-5-13(15)24-9-17(19)21)18(22)20-8-11-2-4-14-16(6-11)26-10-25-14/h2-7H,8-10H2,1H3,(H2,19,21)(H,20,22). The van der Waals surface area contributed by atoms with Gasteiger partial charge in [-0.2, -0.15) is 0 Å². The highest BCUT2D eigenvalue weighted by molar-refractivity contribution is 5.94. The Bertz CT molecular complexity index is 836. The Kier molecular flexibility index (Phi) is 5.12. The van der Waals surface area contributed by atoms with E-state index in [9.17, 15) is 9.59 Å². The average Bonchev–Trinajstić information content (AvgIpc) is 3.12. The van der Waals surface area contributed by atoms with Crippen LogP contribution in [0.25, 0.3) is 0 Å². The summed E-state index contributed by atoms with van der Waals surface area (Å²) in [6, 6.07) is 10.1. The Balaban J connectivity index is 1.64. The maximum atomic E-state index is 12.4. The molecule has 0 fully saturated rings. The van der Waals surface area contributed by atoms with Crippen molar-refractivity contribution in [1.82, 2.24) is 5.32 Å². The van der Waals surface area contributed by atoms with Crippen LogP contribution in [-0.2, 0) is 11.3 Å². The summed E-state index contributed by atoms with van der Waals surface area (Å²) in [5.41, 5.74) is 6.34. The number of ether oxygens (including phenoxy) is 4. The van der Waals surface area contributed by atoms with Gasteiger partial charge in [-0.1, -0.05) is 6.07 Å². The van der Waals surface area contributed by atoms with Crippen LogP contribution >= 0.6 is 0 Å². The highest BCUT2D eigenvalue weighted by Crippen LogP contribution is 2.32. The molecule has 8 nitrogen and oxygen atoms in total. The number of hydrogen-bond donors (Lipinski definition) is 2. The topological polar surface area (TPSA) is 109 Å². The molecule has 136 valence electrons. The van der Waals surface area contributed by atoms with Gasteiger partial charge in [0.1, 0.15) is 0 Å². The maximum Gasteiger partial charge on any atom is 0.255 e. The van der Waals surface area contributed by atoms with E-state index in [-0.39, 0.29) is 19.3 Å². The number of carbonyl (C=O) groups excluding carboxylic acids is 2. The molecule has 1 aliphatic heterocycles. The number of carbonyl (C=O) groups is 2. The summed E-state index contributed by atoms with van der Waals surface area (Å²) >= 11 is 0. The van der Waals surface area contributed by atoms with Crippen molar-refractivity contribution >= 4 is 11.8 Å². The molecule has 8 heteroatoms. The predicted octanol–water partition coefficient (Wildman–Crippen LogP) is 1.22. The third kappa shape index (κ3) is 3.97. The molecule has 0 radical (unpaired) electrons. The van der Waals surface area contributed by atoms with Gasteiger partial charge in [0.15, 0.2) is 29.6 Å². The van der Waals surface area contributed by atoms with E-state index >= 15 is 0 Å². The second-order valence-electron chi connectivity index (χ2n) is 5.49. The fraction of sp³-hybridized carbons (Fsp3) is 0.222. The molecule has 0 saturated heterocycles. The van der Waals surface area contributed by atoms with E-state index in [4.69, 9.17) is 24.7 Å². The van der Waals surface area contributed by atoms with Crippen LogP contribution in [0.3, 0.4) is 0 Å². The van der Waals surface area contributed by atoms with Crippen molar-refractivity contribution in [3.05, 3.63) is 47.5 Å². The lowest BCUT2D eigenvalue weighted by Crippen LogP contribution is -2.23. The summed E-state index contributed by atoms with van der Waals surface area (Å²) in [7, 11) is 1.45. The number of primary amides is 1. The molecule has 1 heterocycles. The predicted molar refractivity (Wildman–Crippen MR) is 91.4 cm³/mol. The number of fused-ring (bicyclic) bond motifs is 1. The lowest BCUT2D eigenvalue weighted by Gasteiger charge is -2.11. The second kappa shape index (κ2) is 7.64. The molecule has 2 aromatic carbocycles. The SMILES string of the molecule is COc1cc(C(=O)NCc2ccc3c(c2)OCO3)ccc1OCC(N)=O. The van der Waals surface area contributed by atoms with Gasteiger partial charge in [-0.15, -0.1) is 0 Å². The molecule has 2 amide bonds. The highest BCUT2D eigenvalue weighted by atomic mass is 16.7. The molecule has 0 aliphatic carbocycles. The zero-order chi connectivity index (χ0) is 18.5. The number of nitrogens with one attached hydrogen (secondary N) is 1. The normalized spacial score (nSPS) is 11.7. The van der Waals surface area contributed by atoms with Crippen LogP contribution in [0, 0.1) is 0 Å². The zero-order valence-corrected chi connectivity index (χ0v) is 14.1. The first-order valence-corrected chi connectivity index (χ1v) is 7.82. The van der Waals surface area contributed by atoms with Crippen LogP contribution in [0.15, 0.2) is 36.4 Å². The number of methoxy groups -OCH3 is 1. The Morgan fingerprint density at radius 1 is 1.12 bits per heavy atom. The number of benzene rings is 2. The lowest BCUT2D eigenvalue weighted by atomic mass is 10.1. The average molecular weight is 358 g/mol. The first-order chi connectivity index (χ1) is 12.6. The van der Waals surface area contributed by atoms with Crippen molar-refractivity contribution in [3.8, 4) is 23.0 Å². The van der Waals surface area contributed by atoms with E-state index in [1.165, 1.54) is 13.2 Å². The molecule has 1 aliphatic rings. The molecular weight excluding hydrogens is 340 g/mol. The van der Waals surface area contributed by atoms with E-state index in [2.05, 4.69) is 5.32 Å². The maximum absolute atomic E-state index is 12.4. The summed E-state index contributed by atoms with van der Waals surface area (Å²) in [6.45, 7) is 0.263. The summed E-state index contributed by atoms with van der Waals surface area (Å²) in [5, 5.41) is 2.82. The first kappa shape index (κ1) is 17.4. The van der Waals surface area contributed by atoms with Gasteiger partial charge in [-0.05, 0) is 35.9 Å². The van der Waals surface area contributed by atoms with Gasteiger partial charge in [0.25, 0.3) is 11.8 Å². The van der Waals surface area contributed by atoms with E-state index in [1.54, 1.807) is 18.2 Å². The molecule has 0 saturated carbocycles. The molecule has 0 unspecified atom stereocenters. The van der Waals surface area contributed by atoms with Gasteiger partial charge in [-0.3, -0.25) is 9.59 Å². The van der Waals surface area contributed by atoms with Crippen LogP contribution < -0.4 is 30.0 Å². The van der Waals surface area contributed by atoms with Crippen molar-refractivity contribution in [1.29, 1.82) is 0 Å². The molecule has 0 spiro atoms. The van der Waals surface area contributed by atoms with Crippen molar-refractivity contribution in [2.75, 3.05) is 20.5 Å². The van der Waals surface area contributed by atoms with E-state index in [0.29, 0.717) is 35.1 Å². The smallest absolute Gasteiger partial charge is 0.255 e. The van der Waals surface area contributed by atoms with Crippen LogP contribution in [-0.4, -0.2) is 32.3 Å². The van der Waals surface area contributed by atoms with Crippen LogP contribution in [0.2, 0.25) is 0 Å². The van der Waals surface area contributed by atoms with Gasteiger partial charge >= 0.3 is 0 Å². The minimum Gasteiger partial charge on any atom is -0.493 e. The summed E-state index contributed by atoms with van der Waals surface area (Å²) in [6.07, 6.45) is 0. The fourth-order valence-electron chi connectivity index (χ4n) is 2.41. The third-order valence-corrected chi connectivity index (χ3v) is 3.69. The molecule has 3 rings (SSSR count). The van der Waals surface area contributed by atoms with E-state index in [1.807, 2.05) is 12.1 Å². The van der Waals surface area contributed by atoms with Crippen LogP contribution in [0.4, 0.5) is 0 Å². The number of nitrogens with two attached hydrogens (primary N) is 1. The first-order valence-electron chi connectivity index (χ1n) is 7.82. The van der Waals surface area contributed by atoms with Crippen LogP contribution in [0.1, 0.15) is 15.9 Å². The molecule has 0 bridgehead atoms. The van der Waals surface area contributed by atoms with Crippen molar-refractivity contribution in [2.45, 2.75) is 6.54 Å². The Morgan fingerprint density at radius 2 is 1.92 bits per heavy atom. The lowest BCUT2D eigenvalue weighted by molar-refractivity contribution is -0.119. The Morgan fingerprint density at radius 3 is 2.69 bits per heavy atom. The monoisotopic (exact) mass is 358 g/mol. The number of amides is 2. The van der Waals surface area contributed by atoms with Gasteiger partial charge in [0.05, 0.1) is 7.11 Å². The molecule has 0 atom stereocenters. The van der Waals surface area contributed by atoms with Crippen molar-refractivity contribution < 1.29 is 28.5 Å². The van der Waals surface area contributed by atoms with Gasteiger partial charge in [-0.25, -0.2) is 0 Å². The zero-order valence-electron chi connectivity index (χ0n) is 14.1. The van der Waals surface area contributed by atoms with E-state index < -0.39 is 5.91 Å². The molecule has 0 aromatic heterocycles. The van der Waals surface area contributed by atoms with Crippen molar-refractivity contribution in [2.24, 2.45) is 5.73 Å². The van der Waals surface area contributed by atoms with E-state index in [0.717, 1.165) is 5.56 Å². The van der Waals surface area contributed by atoms with Gasteiger partial charge in [0, 0.05) is 12.1 Å². The minimum absolute atomic E-state index is 0.203. The largest absolute Gasteiger partial charge is 0.493 e. The fourth-order valence-corrected chi connectivity index (χ4v) is 2.41. The Labute approximate surface area is 149 Å². The molecular formula is C18H18N2O6. The summed E-state index contributed by atoms with van der Waals surface area (Å²) < 4.78 is 21.0. The Hall–Kier alpha value is -3.42. The molecule has 2 aromatic rings. The summed E-state index contributed by atoms with van der Waals surface area (Å²) in [5.74, 6) is 1.14. The quantitative estimate of drug-likeness (QED) is 0.770. The second-order valence-corrected chi connectivity index (χ2v) is 5.49.